The van der Waals surface area contributed by atoms with E-state index in [-0.39, 0.29) is 5.54 Å². The molecule has 2 N–H and O–H groups in total. The van der Waals surface area contributed by atoms with Crippen molar-refractivity contribution in [2.45, 2.75) is 24.5 Å². The molecule has 5 heteroatoms. The third kappa shape index (κ3) is 1.68. The molecule has 0 bridgehead atoms. The maximum Gasteiger partial charge on any atom is 0.196 e. The van der Waals surface area contributed by atoms with Gasteiger partial charge >= 0.3 is 0 Å². The number of rotatable bonds is 2. The van der Waals surface area contributed by atoms with E-state index in [1.807, 2.05) is 24.3 Å². The zero-order valence-corrected chi connectivity index (χ0v) is 11.0. The maximum atomic E-state index is 6.02. The summed E-state index contributed by atoms with van der Waals surface area (Å²) in [5.41, 5.74) is 7.08. The van der Waals surface area contributed by atoms with Gasteiger partial charge in [0.1, 0.15) is 0 Å². The number of nitrogens with two attached hydrogens (primary N) is 1. The van der Waals surface area contributed by atoms with Gasteiger partial charge in [-0.3, -0.25) is 4.99 Å². The number of methoxy groups -OCH3 is 1. The second kappa shape index (κ2) is 4.14. The predicted octanol–water partition coefficient (Wildman–Crippen LogP) is 2.02. The summed E-state index contributed by atoms with van der Waals surface area (Å²) in [4.78, 5) is 6.52. The molecule has 1 heterocycles. The number of guanidine groups is 1. The Balaban J connectivity index is 1.89. The van der Waals surface area contributed by atoms with Crippen LogP contribution in [0.15, 0.2) is 29.3 Å². The molecule has 0 amide bonds. The molecular weight excluding hydrogens is 250 g/mol. The van der Waals surface area contributed by atoms with Gasteiger partial charge in [-0.15, -0.1) is 0 Å². The Bertz CT molecular complexity index is 480. The lowest BCUT2D eigenvalue weighted by atomic mass is 9.73. The fourth-order valence-corrected chi connectivity index (χ4v) is 3.00. The van der Waals surface area contributed by atoms with Gasteiger partial charge in [-0.2, -0.15) is 0 Å². The third-order valence-corrected chi connectivity index (χ3v) is 4.12. The number of hydrogen-bond donors (Lipinski definition) is 1. The highest BCUT2D eigenvalue weighted by Gasteiger charge is 2.53. The molecular formula is C13H16ClN3O. The van der Waals surface area contributed by atoms with Crippen LogP contribution in [-0.4, -0.2) is 31.3 Å². The van der Waals surface area contributed by atoms with Crippen LogP contribution < -0.4 is 10.6 Å². The molecule has 1 aliphatic carbocycles. The van der Waals surface area contributed by atoms with Crippen molar-refractivity contribution in [3.05, 3.63) is 29.3 Å². The average molecular weight is 266 g/mol. The van der Waals surface area contributed by atoms with Crippen LogP contribution in [0, 0.1) is 0 Å². The van der Waals surface area contributed by atoms with Crippen molar-refractivity contribution in [1.29, 1.82) is 0 Å². The van der Waals surface area contributed by atoms with Crippen molar-refractivity contribution < 1.29 is 4.74 Å². The van der Waals surface area contributed by atoms with E-state index in [9.17, 15) is 0 Å². The number of anilines is 1. The Morgan fingerprint density at radius 2 is 2.06 bits per heavy atom. The van der Waals surface area contributed by atoms with Gasteiger partial charge in [0.2, 0.25) is 0 Å². The van der Waals surface area contributed by atoms with E-state index < -0.39 is 0 Å². The van der Waals surface area contributed by atoms with E-state index in [1.54, 1.807) is 7.11 Å². The molecule has 0 radical (unpaired) electrons. The Hall–Kier alpha value is -1.26. The molecule has 1 spiro atoms. The first-order valence-corrected chi connectivity index (χ1v) is 6.41. The van der Waals surface area contributed by atoms with Crippen molar-refractivity contribution in [3.63, 3.8) is 0 Å². The van der Waals surface area contributed by atoms with Gasteiger partial charge in [0.05, 0.1) is 18.2 Å². The summed E-state index contributed by atoms with van der Waals surface area (Å²) in [5.74, 6) is 0.590. The highest BCUT2D eigenvalue weighted by Crippen LogP contribution is 2.44. The summed E-state index contributed by atoms with van der Waals surface area (Å²) in [6.45, 7) is 0.751. The largest absolute Gasteiger partial charge is 0.381 e. The smallest absolute Gasteiger partial charge is 0.196 e. The second-order valence-corrected chi connectivity index (χ2v) is 5.41. The summed E-state index contributed by atoms with van der Waals surface area (Å²) in [5, 5.41) is 0.728. The van der Waals surface area contributed by atoms with Crippen LogP contribution in [0.4, 0.5) is 5.69 Å². The number of ether oxygens (including phenoxy) is 1. The quantitative estimate of drug-likeness (QED) is 0.890. The second-order valence-electron chi connectivity index (χ2n) is 4.98. The van der Waals surface area contributed by atoms with Crippen molar-refractivity contribution in [1.82, 2.24) is 0 Å². The topological polar surface area (TPSA) is 50.9 Å². The molecule has 0 unspecified atom stereocenters. The summed E-state index contributed by atoms with van der Waals surface area (Å²) < 4.78 is 5.37. The number of benzene rings is 1. The lowest BCUT2D eigenvalue weighted by molar-refractivity contribution is -0.00652. The van der Waals surface area contributed by atoms with E-state index in [1.165, 1.54) is 0 Å². The average Bonchev–Trinajstić information content (AvgIpc) is 2.66. The van der Waals surface area contributed by atoms with Crippen LogP contribution in [0.25, 0.3) is 0 Å². The van der Waals surface area contributed by atoms with Crippen molar-refractivity contribution in [2.24, 2.45) is 10.7 Å². The fourth-order valence-electron chi connectivity index (χ4n) is 2.88. The predicted molar refractivity (Wildman–Crippen MR) is 73.2 cm³/mol. The van der Waals surface area contributed by atoms with Crippen LogP contribution in [0.2, 0.25) is 5.02 Å². The van der Waals surface area contributed by atoms with Crippen molar-refractivity contribution >= 4 is 23.2 Å². The summed E-state index contributed by atoms with van der Waals surface area (Å²) in [7, 11) is 1.75. The minimum atomic E-state index is 0.0125. The van der Waals surface area contributed by atoms with Gasteiger partial charge in [0.25, 0.3) is 0 Å². The van der Waals surface area contributed by atoms with Gasteiger partial charge in [-0.1, -0.05) is 11.6 Å². The van der Waals surface area contributed by atoms with Crippen molar-refractivity contribution in [2.75, 3.05) is 18.6 Å². The molecule has 1 saturated carbocycles. The molecule has 1 aromatic carbocycles. The van der Waals surface area contributed by atoms with Crippen LogP contribution in [-0.2, 0) is 4.74 Å². The molecule has 1 aliphatic heterocycles. The Morgan fingerprint density at radius 3 is 2.67 bits per heavy atom. The number of halogens is 1. The molecule has 96 valence electrons. The molecule has 1 fully saturated rings. The summed E-state index contributed by atoms with van der Waals surface area (Å²) >= 11 is 5.92. The molecule has 18 heavy (non-hydrogen) atoms. The van der Waals surface area contributed by atoms with Gasteiger partial charge in [-0.05, 0) is 37.1 Å². The molecule has 3 rings (SSSR count). The first-order valence-electron chi connectivity index (χ1n) is 6.03. The Kier molecular flexibility index (Phi) is 2.72. The highest BCUT2D eigenvalue weighted by atomic mass is 35.5. The van der Waals surface area contributed by atoms with E-state index in [0.29, 0.717) is 12.1 Å². The number of nitrogens with zero attached hydrogens (tertiary/aromatic N) is 2. The highest BCUT2D eigenvalue weighted by molar-refractivity contribution is 6.30. The molecule has 0 aromatic heterocycles. The van der Waals surface area contributed by atoms with Crippen molar-refractivity contribution in [3.8, 4) is 0 Å². The third-order valence-electron chi connectivity index (χ3n) is 3.87. The Morgan fingerprint density at radius 1 is 1.39 bits per heavy atom. The fraction of sp³-hybridized carbons (Fsp3) is 0.462. The summed E-state index contributed by atoms with van der Waals surface area (Å²) in [6.07, 6.45) is 2.26. The van der Waals surface area contributed by atoms with E-state index in [4.69, 9.17) is 22.1 Å². The van der Waals surface area contributed by atoms with Gasteiger partial charge < -0.3 is 15.4 Å². The molecule has 4 nitrogen and oxygen atoms in total. The maximum absolute atomic E-state index is 6.02. The summed E-state index contributed by atoms with van der Waals surface area (Å²) in [6, 6.07) is 7.72. The zero-order chi connectivity index (χ0) is 12.8. The first-order chi connectivity index (χ1) is 8.64. The van der Waals surface area contributed by atoms with Gasteiger partial charge in [0.15, 0.2) is 5.96 Å². The van der Waals surface area contributed by atoms with Crippen LogP contribution in [0.3, 0.4) is 0 Å². The lowest BCUT2D eigenvalue weighted by Crippen LogP contribution is -2.61. The minimum Gasteiger partial charge on any atom is -0.381 e. The molecule has 1 aromatic rings. The number of hydrogen-bond acceptors (Lipinski definition) is 4. The minimum absolute atomic E-state index is 0.0125. The lowest BCUT2D eigenvalue weighted by Gasteiger charge is -2.50. The van der Waals surface area contributed by atoms with E-state index in [0.717, 1.165) is 30.1 Å². The molecule has 0 saturated heterocycles. The van der Waals surface area contributed by atoms with Gasteiger partial charge in [-0.25, -0.2) is 0 Å². The van der Waals surface area contributed by atoms with Crippen LogP contribution in [0.1, 0.15) is 12.8 Å². The molecule has 2 aliphatic rings. The number of aliphatic imine (C=N–C) groups is 1. The first kappa shape index (κ1) is 11.8. The van der Waals surface area contributed by atoms with E-state index >= 15 is 0 Å². The van der Waals surface area contributed by atoms with Crippen LogP contribution >= 0.6 is 11.6 Å². The molecule has 0 atom stereocenters. The Labute approximate surface area is 111 Å². The monoisotopic (exact) mass is 265 g/mol. The van der Waals surface area contributed by atoms with E-state index in [2.05, 4.69) is 9.89 Å². The van der Waals surface area contributed by atoms with Gasteiger partial charge in [0, 0.05) is 17.8 Å². The standard InChI is InChI=1S/C13H16ClN3O/c1-18-11-6-13(7-11)8-16-12(15)17(13)10-4-2-9(14)3-5-10/h2-5,11H,6-8H2,1H3,(H2,15,16). The SMILES string of the molecule is COC1CC2(CN=C(N)N2c2ccc(Cl)cc2)C1. The normalized spacial score (nSPS) is 30.4. The zero-order valence-electron chi connectivity index (χ0n) is 10.3. The van der Waals surface area contributed by atoms with Crippen LogP contribution in [0.5, 0.6) is 0 Å².